The summed E-state index contributed by atoms with van der Waals surface area (Å²) in [5.74, 6) is 0. The van der Waals surface area contributed by atoms with Crippen molar-refractivity contribution >= 4 is 6.09 Å². The summed E-state index contributed by atoms with van der Waals surface area (Å²) >= 11 is 0. The van der Waals surface area contributed by atoms with Crippen molar-refractivity contribution in [1.82, 2.24) is 4.90 Å². The number of ether oxygens (including phenoxy) is 3. The molecular weight excluding hydrogens is 210 g/mol. The molecule has 0 aliphatic heterocycles. The maximum atomic E-state index is 11.6. The Morgan fingerprint density at radius 1 is 1.31 bits per heavy atom. The summed E-state index contributed by atoms with van der Waals surface area (Å²) in [5, 5.41) is 0. The average Bonchev–Trinajstić information content (AvgIpc) is 2.14. The van der Waals surface area contributed by atoms with Crippen molar-refractivity contribution < 1.29 is 19.0 Å². The van der Waals surface area contributed by atoms with Gasteiger partial charge in [-0.2, -0.15) is 0 Å². The van der Waals surface area contributed by atoms with E-state index in [9.17, 15) is 4.79 Å². The lowest BCUT2D eigenvalue weighted by molar-refractivity contribution is -0.00631. The van der Waals surface area contributed by atoms with Crippen LogP contribution in [0, 0.1) is 0 Å². The van der Waals surface area contributed by atoms with Crippen LogP contribution in [0.5, 0.6) is 0 Å². The van der Waals surface area contributed by atoms with Crippen molar-refractivity contribution in [2.75, 3.05) is 34.4 Å². The van der Waals surface area contributed by atoms with E-state index >= 15 is 0 Å². The largest absolute Gasteiger partial charge is 0.444 e. The Labute approximate surface area is 97.7 Å². The van der Waals surface area contributed by atoms with Gasteiger partial charge < -0.3 is 19.1 Å². The number of methoxy groups -OCH3 is 2. The first-order valence-corrected chi connectivity index (χ1v) is 5.26. The summed E-state index contributed by atoms with van der Waals surface area (Å²) in [6.45, 7) is 6.40. The monoisotopic (exact) mass is 233 g/mol. The van der Waals surface area contributed by atoms with Gasteiger partial charge in [0.05, 0.1) is 19.3 Å². The first kappa shape index (κ1) is 15.2. The highest BCUT2D eigenvalue weighted by Crippen LogP contribution is 2.09. The second kappa shape index (κ2) is 6.70. The van der Waals surface area contributed by atoms with Gasteiger partial charge in [0.25, 0.3) is 0 Å². The van der Waals surface area contributed by atoms with Gasteiger partial charge in [0.2, 0.25) is 0 Å². The Morgan fingerprint density at radius 2 is 1.88 bits per heavy atom. The van der Waals surface area contributed by atoms with E-state index in [4.69, 9.17) is 14.2 Å². The molecule has 0 aliphatic rings. The minimum absolute atomic E-state index is 0.137. The van der Waals surface area contributed by atoms with E-state index in [0.717, 1.165) is 0 Å². The SMILES string of the molecule is COC[C@@H](CN(C)C(=O)OC(C)(C)C)OC. The summed E-state index contributed by atoms with van der Waals surface area (Å²) in [4.78, 5) is 13.1. The molecule has 0 saturated heterocycles. The number of nitrogens with zero attached hydrogens (tertiary/aromatic N) is 1. The molecule has 0 radical (unpaired) electrons. The third-order valence-corrected chi connectivity index (χ3v) is 1.87. The minimum Gasteiger partial charge on any atom is -0.444 e. The molecule has 5 nitrogen and oxygen atoms in total. The number of rotatable bonds is 5. The summed E-state index contributed by atoms with van der Waals surface area (Å²) in [5.41, 5.74) is -0.477. The van der Waals surface area contributed by atoms with E-state index in [0.29, 0.717) is 13.2 Å². The number of likely N-dealkylation sites (N-methyl/N-ethyl adjacent to an activating group) is 1. The maximum Gasteiger partial charge on any atom is 0.410 e. The summed E-state index contributed by atoms with van der Waals surface area (Å²) in [6, 6.07) is 0. The van der Waals surface area contributed by atoms with Crippen molar-refractivity contribution in [3.05, 3.63) is 0 Å². The van der Waals surface area contributed by atoms with Gasteiger partial charge in [0.15, 0.2) is 0 Å². The Balaban J connectivity index is 4.13. The molecule has 0 heterocycles. The predicted molar refractivity (Wildman–Crippen MR) is 61.5 cm³/mol. The molecule has 0 fully saturated rings. The van der Waals surface area contributed by atoms with Gasteiger partial charge in [-0.15, -0.1) is 0 Å². The highest BCUT2D eigenvalue weighted by atomic mass is 16.6. The van der Waals surface area contributed by atoms with E-state index in [1.807, 2.05) is 20.8 Å². The smallest absolute Gasteiger partial charge is 0.410 e. The first-order valence-electron chi connectivity index (χ1n) is 5.26. The second-order valence-corrected chi connectivity index (χ2v) is 4.67. The number of amides is 1. The summed E-state index contributed by atoms with van der Waals surface area (Å²) in [6.07, 6.45) is -0.492. The molecule has 0 aromatic carbocycles. The first-order chi connectivity index (χ1) is 7.30. The van der Waals surface area contributed by atoms with Crippen molar-refractivity contribution in [1.29, 1.82) is 0 Å². The van der Waals surface area contributed by atoms with Crippen LogP contribution in [0.4, 0.5) is 4.79 Å². The zero-order valence-electron chi connectivity index (χ0n) is 11.1. The number of hydrogen-bond donors (Lipinski definition) is 0. The number of carbonyl (C=O) groups is 1. The van der Waals surface area contributed by atoms with Crippen LogP contribution in [0.3, 0.4) is 0 Å². The fourth-order valence-corrected chi connectivity index (χ4v) is 1.10. The minimum atomic E-state index is -0.477. The molecule has 0 rings (SSSR count). The highest BCUT2D eigenvalue weighted by Gasteiger charge is 2.21. The fraction of sp³-hybridized carbons (Fsp3) is 0.909. The third-order valence-electron chi connectivity index (χ3n) is 1.87. The van der Waals surface area contributed by atoms with E-state index in [1.54, 1.807) is 21.3 Å². The van der Waals surface area contributed by atoms with Crippen LogP contribution in [0.15, 0.2) is 0 Å². The van der Waals surface area contributed by atoms with Crippen molar-refractivity contribution in [3.8, 4) is 0 Å². The van der Waals surface area contributed by atoms with E-state index in [1.165, 1.54) is 4.90 Å². The topological polar surface area (TPSA) is 48.0 Å². The molecule has 0 spiro atoms. The van der Waals surface area contributed by atoms with Gasteiger partial charge in [0, 0.05) is 21.3 Å². The van der Waals surface area contributed by atoms with Crippen molar-refractivity contribution in [2.45, 2.75) is 32.5 Å². The van der Waals surface area contributed by atoms with Crippen LogP contribution in [0.2, 0.25) is 0 Å². The second-order valence-electron chi connectivity index (χ2n) is 4.67. The molecule has 0 aromatic rings. The molecule has 0 aromatic heterocycles. The summed E-state index contributed by atoms with van der Waals surface area (Å²) in [7, 11) is 4.86. The van der Waals surface area contributed by atoms with Crippen LogP contribution >= 0.6 is 0 Å². The Bertz CT molecular complexity index is 213. The molecule has 0 N–H and O–H groups in total. The molecule has 0 unspecified atom stereocenters. The Morgan fingerprint density at radius 3 is 2.25 bits per heavy atom. The Kier molecular flexibility index (Phi) is 6.36. The molecule has 0 aliphatic carbocycles. The molecule has 5 heteroatoms. The van der Waals surface area contributed by atoms with Gasteiger partial charge in [-0.05, 0) is 20.8 Å². The van der Waals surface area contributed by atoms with Crippen molar-refractivity contribution in [3.63, 3.8) is 0 Å². The van der Waals surface area contributed by atoms with Crippen LogP contribution in [0.1, 0.15) is 20.8 Å². The van der Waals surface area contributed by atoms with E-state index < -0.39 is 5.60 Å². The molecule has 0 saturated carbocycles. The quantitative estimate of drug-likeness (QED) is 0.722. The number of hydrogen-bond acceptors (Lipinski definition) is 4. The lowest BCUT2D eigenvalue weighted by atomic mass is 10.2. The van der Waals surface area contributed by atoms with Gasteiger partial charge in [-0.1, -0.05) is 0 Å². The van der Waals surface area contributed by atoms with Crippen LogP contribution in [-0.2, 0) is 14.2 Å². The molecule has 1 amide bonds. The molecule has 16 heavy (non-hydrogen) atoms. The lowest BCUT2D eigenvalue weighted by Gasteiger charge is -2.26. The highest BCUT2D eigenvalue weighted by molar-refractivity contribution is 5.67. The van der Waals surface area contributed by atoms with Crippen LogP contribution in [-0.4, -0.2) is 57.1 Å². The fourth-order valence-electron chi connectivity index (χ4n) is 1.10. The standard InChI is InChI=1S/C11H23NO4/c1-11(2,3)16-10(13)12(4)7-9(15-6)8-14-5/h9H,7-8H2,1-6H3/t9-/m1/s1. The number of carbonyl (C=O) groups excluding carboxylic acids is 1. The van der Waals surface area contributed by atoms with Crippen LogP contribution in [0.25, 0.3) is 0 Å². The van der Waals surface area contributed by atoms with Crippen molar-refractivity contribution in [2.24, 2.45) is 0 Å². The van der Waals surface area contributed by atoms with Gasteiger partial charge in [-0.25, -0.2) is 4.79 Å². The molecule has 0 bridgehead atoms. The average molecular weight is 233 g/mol. The lowest BCUT2D eigenvalue weighted by Crippen LogP contribution is -2.40. The predicted octanol–water partition coefficient (Wildman–Crippen LogP) is 1.51. The maximum absolute atomic E-state index is 11.6. The third kappa shape index (κ3) is 6.63. The van der Waals surface area contributed by atoms with Gasteiger partial charge >= 0.3 is 6.09 Å². The van der Waals surface area contributed by atoms with E-state index in [-0.39, 0.29) is 12.2 Å². The van der Waals surface area contributed by atoms with Gasteiger partial charge in [-0.3, -0.25) is 0 Å². The summed E-state index contributed by atoms with van der Waals surface area (Å²) < 4.78 is 15.4. The Hall–Kier alpha value is -0.810. The van der Waals surface area contributed by atoms with E-state index in [2.05, 4.69) is 0 Å². The zero-order chi connectivity index (χ0) is 12.8. The van der Waals surface area contributed by atoms with Crippen LogP contribution < -0.4 is 0 Å². The molecule has 96 valence electrons. The molecular formula is C11H23NO4. The van der Waals surface area contributed by atoms with Gasteiger partial charge in [0.1, 0.15) is 5.60 Å². The zero-order valence-corrected chi connectivity index (χ0v) is 11.1. The normalized spacial score (nSPS) is 13.4. The molecule has 1 atom stereocenters.